The van der Waals surface area contributed by atoms with Gasteiger partial charge in [0.15, 0.2) is 0 Å². The molecule has 0 spiro atoms. The van der Waals surface area contributed by atoms with Gasteiger partial charge in [-0.15, -0.1) is 0 Å². The molecule has 0 bridgehead atoms. The fourth-order valence-corrected chi connectivity index (χ4v) is 4.93. The maximum atomic E-state index is 6.87. The Hall–Kier alpha value is -2.09. The average Bonchev–Trinajstić information content (AvgIpc) is 2.94. The summed E-state index contributed by atoms with van der Waals surface area (Å²) >= 11 is 30.6. The van der Waals surface area contributed by atoms with E-state index in [2.05, 4.69) is 62.4 Å². The number of halogens is 3. The summed E-state index contributed by atoms with van der Waals surface area (Å²) in [4.78, 5) is 3.38. The smallest absolute Gasteiger partial charge is 0.111 e. The Morgan fingerprint density at radius 2 is 1.67 bits per heavy atom. The molecule has 42 heavy (non-hydrogen) atoms. The summed E-state index contributed by atoms with van der Waals surface area (Å²) in [6.07, 6.45) is 2.71. The summed E-state index contributed by atoms with van der Waals surface area (Å²) in [5.41, 5.74) is 6.36. The van der Waals surface area contributed by atoms with Gasteiger partial charge in [0.1, 0.15) is 10.8 Å². The second-order valence-corrected chi connectivity index (χ2v) is 12.6. The van der Waals surface area contributed by atoms with Crippen LogP contribution in [0.1, 0.15) is 71.6 Å². The molecule has 0 atom stereocenters. The third-order valence-electron chi connectivity index (χ3n) is 6.40. The van der Waals surface area contributed by atoms with Gasteiger partial charge in [-0.05, 0) is 74.2 Å². The lowest BCUT2D eigenvalue weighted by molar-refractivity contribution is 0.579. The number of aryl methyl sites for hydroxylation is 2. The summed E-state index contributed by atoms with van der Waals surface area (Å²) in [5.74, 6) is 0.699. The maximum absolute atomic E-state index is 6.87. The van der Waals surface area contributed by atoms with Gasteiger partial charge >= 0.3 is 0 Å². The van der Waals surface area contributed by atoms with Gasteiger partial charge in [-0.3, -0.25) is 0 Å². The van der Waals surface area contributed by atoms with E-state index in [1.165, 1.54) is 0 Å². The number of anilines is 2. The Labute approximate surface area is 279 Å². The Bertz CT molecular complexity index is 1360. The normalized spacial score (nSPS) is 12.0. The average molecular weight is 668 g/mol. The van der Waals surface area contributed by atoms with Gasteiger partial charge in [0.05, 0.1) is 20.7 Å². The number of hydrogen-bond acceptors (Lipinski definition) is 4. The molecule has 3 N–H and O–H groups in total. The lowest BCUT2D eigenvalue weighted by Gasteiger charge is -2.27. The van der Waals surface area contributed by atoms with E-state index < -0.39 is 0 Å². The van der Waals surface area contributed by atoms with Crippen LogP contribution in [0.2, 0.25) is 10.0 Å². The Balaban J connectivity index is 0.00000431. The molecule has 0 saturated carbocycles. The highest BCUT2D eigenvalue weighted by atomic mass is 35.5. The summed E-state index contributed by atoms with van der Waals surface area (Å²) in [5, 5.41) is 11.8. The predicted octanol–water partition coefficient (Wildman–Crippen LogP) is 10.7. The molecular formula is C33H45Cl3N4S2. The molecule has 0 aliphatic rings. The van der Waals surface area contributed by atoms with Crippen LogP contribution < -0.4 is 20.9 Å². The van der Waals surface area contributed by atoms with Crippen LogP contribution in [-0.4, -0.2) is 23.6 Å². The van der Waals surface area contributed by atoms with Gasteiger partial charge in [-0.2, -0.15) is 0 Å². The van der Waals surface area contributed by atoms with E-state index in [1.54, 1.807) is 18.2 Å². The monoisotopic (exact) mass is 666 g/mol. The van der Waals surface area contributed by atoms with Crippen molar-refractivity contribution in [2.24, 2.45) is 5.41 Å². The molecule has 0 amide bonds. The summed E-state index contributed by atoms with van der Waals surface area (Å²) in [6, 6.07) is 9.40. The van der Waals surface area contributed by atoms with Gasteiger partial charge in [0.2, 0.25) is 0 Å². The molecule has 4 nitrogen and oxygen atoms in total. The fourth-order valence-electron chi connectivity index (χ4n) is 3.83. The van der Waals surface area contributed by atoms with E-state index in [9.17, 15) is 0 Å². The second kappa shape index (κ2) is 17.3. The molecular weight excluding hydrogens is 623 g/mol. The van der Waals surface area contributed by atoms with Crippen LogP contribution >= 0.6 is 59.2 Å². The van der Waals surface area contributed by atoms with Crippen molar-refractivity contribution < 1.29 is 0 Å². The molecule has 0 aliphatic heterocycles. The van der Waals surface area contributed by atoms with Crippen LogP contribution in [-0.2, 0) is 0 Å². The van der Waals surface area contributed by atoms with Crippen molar-refractivity contribution in [3.05, 3.63) is 91.8 Å². The second-order valence-electron chi connectivity index (χ2n) is 10.6. The first kappa shape index (κ1) is 37.9. The SMILES string of the molecule is C=C(N/C(CC)=C(Cl)/C(=C\C)CNC(=S)C(C)(C)C)N(C)c1cc(C)c(C(=S)Nc2cc(Cl)ccc2Cl)cc1C.CC. The Morgan fingerprint density at radius 1 is 1.05 bits per heavy atom. The van der Waals surface area contributed by atoms with Crippen LogP contribution in [0.4, 0.5) is 11.4 Å². The highest BCUT2D eigenvalue weighted by Crippen LogP contribution is 2.30. The molecule has 0 unspecified atom stereocenters. The van der Waals surface area contributed by atoms with Crippen molar-refractivity contribution >= 4 is 80.6 Å². The van der Waals surface area contributed by atoms with E-state index in [0.717, 1.165) is 38.6 Å². The number of thiocarbonyl (C=S) groups is 2. The van der Waals surface area contributed by atoms with Crippen LogP contribution in [0.25, 0.3) is 0 Å². The van der Waals surface area contributed by atoms with Crippen molar-refractivity contribution in [3.63, 3.8) is 0 Å². The lowest BCUT2D eigenvalue weighted by Crippen LogP contribution is -2.34. The molecule has 2 aromatic rings. The number of hydrogen-bond donors (Lipinski definition) is 3. The zero-order chi connectivity index (χ0) is 32.4. The minimum Gasteiger partial charge on any atom is -0.375 e. The van der Waals surface area contributed by atoms with Gasteiger partial charge < -0.3 is 20.9 Å². The zero-order valence-electron chi connectivity index (χ0n) is 26.5. The Kier molecular flexibility index (Phi) is 15.6. The van der Waals surface area contributed by atoms with Crippen molar-refractivity contribution in [3.8, 4) is 0 Å². The zero-order valence-corrected chi connectivity index (χ0v) is 30.4. The van der Waals surface area contributed by atoms with E-state index in [-0.39, 0.29) is 5.41 Å². The molecule has 0 saturated heterocycles. The molecule has 0 aliphatic carbocycles. The topological polar surface area (TPSA) is 39.3 Å². The minimum absolute atomic E-state index is 0.110. The maximum Gasteiger partial charge on any atom is 0.111 e. The number of rotatable bonds is 10. The summed E-state index contributed by atoms with van der Waals surface area (Å²) in [7, 11) is 1.97. The van der Waals surface area contributed by atoms with E-state index in [4.69, 9.17) is 59.2 Å². The van der Waals surface area contributed by atoms with E-state index in [1.807, 2.05) is 52.6 Å². The first-order chi connectivity index (χ1) is 19.6. The van der Waals surface area contributed by atoms with Gasteiger partial charge in [0.25, 0.3) is 0 Å². The number of allylic oxidation sites excluding steroid dienone is 2. The molecule has 2 aromatic carbocycles. The fraction of sp³-hybridized carbons (Fsp3) is 0.394. The lowest BCUT2D eigenvalue weighted by atomic mass is 9.96. The van der Waals surface area contributed by atoms with Crippen molar-refractivity contribution in [2.75, 3.05) is 23.8 Å². The van der Waals surface area contributed by atoms with Crippen molar-refractivity contribution in [2.45, 2.75) is 68.7 Å². The largest absolute Gasteiger partial charge is 0.375 e. The first-order valence-electron chi connectivity index (χ1n) is 14.0. The van der Waals surface area contributed by atoms with Crippen LogP contribution in [0.3, 0.4) is 0 Å². The molecule has 0 aromatic heterocycles. The molecule has 0 radical (unpaired) electrons. The standard InChI is InChI=1S/C31H39Cl3N4S2.C2H6/c1-10-21(17-35-30(40)31(6,7)8)28(34)25(11-2)36-20(5)38(9)27-15-18(3)23(14-19(27)4)29(39)37-26-16-22(32)12-13-24(26)33;1-2/h10,12-16,36H,5,11,17H2,1-4,6-9H3,(H,35,40)(H,37,39);1-2H3/b21-10-,28-25-;. The first-order valence-corrected chi connectivity index (χ1v) is 16.0. The van der Waals surface area contributed by atoms with E-state index >= 15 is 0 Å². The highest BCUT2D eigenvalue weighted by Gasteiger charge is 2.19. The summed E-state index contributed by atoms with van der Waals surface area (Å²) < 4.78 is 0. The number of benzene rings is 2. The Morgan fingerprint density at radius 3 is 2.21 bits per heavy atom. The summed E-state index contributed by atoms with van der Waals surface area (Å²) in [6.45, 7) is 23.2. The number of nitrogens with zero attached hydrogens (tertiary/aromatic N) is 1. The number of nitrogens with one attached hydrogen (secondary N) is 3. The van der Waals surface area contributed by atoms with Crippen molar-refractivity contribution in [1.29, 1.82) is 0 Å². The molecule has 0 fully saturated rings. The quantitative estimate of drug-likeness (QED) is 0.173. The van der Waals surface area contributed by atoms with Gasteiger partial charge in [-0.25, -0.2) is 0 Å². The van der Waals surface area contributed by atoms with Crippen LogP contribution in [0, 0.1) is 19.3 Å². The van der Waals surface area contributed by atoms with Gasteiger partial charge in [-0.1, -0.05) is 113 Å². The molecule has 0 heterocycles. The minimum atomic E-state index is -0.110. The van der Waals surface area contributed by atoms with Gasteiger partial charge in [0, 0.05) is 41.0 Å². The van der Waals surface area contributed by atoms with Crippen LogP contribution in [0.15, 0.2) is 65.1 Å². The predicted molar refractivity (Wildman–Crippen MR) is 197 cm³/mol. The van der Waals surface area contributed by atoms with E-state index in [0.29, 0.717) is 44.5 Å². The molecule has 2 rings (SSSR count). The highest BCUT2D eigenvalue weighted by molar-refractivity contribution is 7.81. The van der Waals surface area contributed by atoms with Crippen molar-refractivity contribution in [1.82, 2.24) is 10.6 Å². The molecule has 9 heteroatoms. The molecule has 230 valence electrons. The third kappa shape index (κ3) is 10.6. The third-order valence-corrected chi connectivity index (χ3v) is 8.51. The van der Waals surface area contributed by atoms with Crippen LogP contribution in [0.5, 0.6) is 0 Å².